The molecule has 5 heteroatoms. The first-order chi connectivity index (χ1) is 11.1. The molecule has 0 unspecified atom stereocenters. The van der Waals surface area contributed by atoms with Gasteiger partial charge in [0.1, 0.15) is 5.82 Å². The molecule has 2 N–H and O–H groups in total. The molecule has 1 aliphatic rings. The van der Waals surface area contributed by atoms with Crippen molar-refractivity contribution in [1.29, 1.82) is 0 Å². The minimum atomic E-state index is -0.832. The Morgan fingerprint density at radius 1 is 1.04 bits per heavy atom. The van der Waals surface area contributed by atoms with Gasteiger partial charge in [0, 0.05) is 12.6 Å². The van der Waals surface area contributed by atoms with E-state index in [1.54, 1.807) is 42.5 Å². The van der Waals surface area contributed by atoms with Gasteiger partial charge in [0.15, 0.2) is 0 Å². The monoisotopic (exact) mass is 312 g/mol. The SMILES string of the molecule is CNC(=O)c1ccccc1NC(=O)C1(c2ccccc2F)CC1. The van der Waals surface area contributed by atoms with E-state index in [0.717, 1.165) is 0 Å². The van der Waals surface area contributed by atoms with Gasteiger partial charge in [-0.15, -0.1) is 0 Å². The summed E-state index contributed by atoms with van der Waals surface area (Å²) in [6.45, 7) is 0. The summed E-state index contributed by atoms with van der Waals surface area (Å²) in [5.74, 6) is -0.935. The summed E-state index contributed by atoms with van der Waals surface area (Å²) in [4.78, 5) is 24.6. The normalized spacial score (nSPS) is 14.9. The summed E-state index contributed by atoms with van der Waals surface area (Å²) >= 11 is 0. The Morgan fingerprint density at radius 2 is 1.70 bits per heavy atom. The van der Waals surface area contributed by atoms with Crippen molar-refractivity contribution >= 4 is 17.5 Å². The van der Waals surface area contributed by atoms with Gasteiger partial charge in [0.05, 0.1) is 16.7 Å². The van der Waals surface area contributed by atoms with Crippen molar-refractivity contribution in [1.82, 2.24) is 5.32 Å². The molecule has 2 aromatic carbocycles. The third-order valence-electron chi connectivity index (χ3n) is 4.22. The number of halogens is 1. The average Bonchev–Trinajstić information content (AvgIpc) is 3.37. The third kappa shape index (κ3) is 2.70. The molecule has 0 aliphatic heterocycles. The van der Waals surface area contributed by atoms with Crippen LogP contribution in [0.1, 0.15) is 28.8 Å². The van der Waals surface area contributed by atoms with E-state index >= 15 is 0 Å². The van der Waals surface area contributed by atoms with Gasteiger partial charge in [-0.2, -0.15) is 0 Å². The van der Waals surface area contributed by atoms with E-state index in [2.05, 4.69) is 10.6 Å². The van der Waals surface area contributed by atoms with E-state index in [0.29, 0.717) is 29.7 Å². The van der Waals surface area contributed by atoms with Crippen LogP contribution in [0.15, 0.2) is 48.5 Å². The first-order valence-corrected chi connectivity index (χ1v) is 7.46. The van der Waals surface area contributed by atoms with Crippen LogP contribution < -0.4 is 10.6 Å². The van der Waals surface area contributed by atoms with E-state index in [1.807, 2.05) is 0 Å². The number of para-hydroxylation sites is 1. The molecule has 0 bridgehead atoms. The maximum absolute atomic E-state index is 14.0. The minimum absolute atomic E-state index is 0.279. The molecule has 4 nitrogen and oxygen atoms in total. The number of hydrogen-bond donors (Lipinski definition) is 2. The van der Waals surface area contributed by atoms with Gasteiger partial charge >= 0.3 is 0 Å². The van der Waals surface area contributed by atoms with Crippen molar-refractivity contribution in [3.8, 4) is 0 Å². The quantitative estimate of drug-likeness (QED) is 0.912. The van der Waals surface area contributed by atoms with Crippen LogP contribution in [-0.2, 0) is 10.2 Å². The fourth-order valence-corrected chi connectivity index (χ4v) is 2.76. The molecule has 23 heavy (non-hydrogen) atoms. The lowest BCUT2D eigenvalue weighted by atomic mass is 9.94. The second kappa shape index (κ2) is 5.83. The molecule has 2 aromatic rings. The lowest BCUT2D eigenvalue weighted by molar-refractivity contribution is -0.118. The number of benzene rings is 2. The highest BCUT2D eigenvalue weighted by Crippen LogP contribution is 2.49. The van der Waals surface area contributed by atoms with E-state index < -0.39 is 5.41 Å². The second-order valence-corrected chi connectivity index (χ2v) is 5.64. The first-order valence-electron chi connectivity index (χ1n) is 7.46. The van der Waals surface area contributed by atoms with Crippen LogP contribution in [0, 0.1) is 5.82 Å². The number of hydrogen-bond acceptors (Lipinski definition) is 2. The molecule has 2 amide bonds. The zero-order chi connectivity index (χ0) is 16.4. The summed E-state index contributed by atoms with van der Waals surface area (Å²) < 4.78 is 14.0. The van der Waals surface area contributed by atoms with Gasteiger partial charge in [0.2, 0.25) is 5.91 Å². The fraction of sp³-hybridized carbons (Fsp3) is 0.222. The molecule has 1 fully saturated rings. The number of amides is 2. The van der Waals surface area contributed by atoms with Crippen LogP contribution in [0.2, 0.25) is 0 Å². The number of carbonyl (C=O) groups excluding carboxylic acids is 2. The molecule has 1 saturated carbocycles. The summed E-state index contributed by atoms with van der Waals surface area (Å²) in [6, 6.07) is 13.1. The molecule has 1 aliphatic carbocycles. The molecule has 0 radical (unpaired) electrons. The highest BCUT2D eigenvalue weighted by Gasteiger charge is 2.52. The molecule has 0 saturated heterocycles. The topological polar surface area (TPSA) is 58.2 Å². The van der Waals surface area contributed by atoms with Gasteiger partial charge in [-0.1, -0.05) is 30.3 Å². The van der Waals surface area contributed by atoms with E-state index in [9.17, 15) is 14.0 Å². The van der Waals surface area contributed by atoms with Crippen molar-refractivity contribution in [2.45, 2.75) is 18.3 Å². The minimum Gasteiger partial charge on any atom is -0.355 e. The van der Waals surface area contributed by atoms with Gasteiger partial charge in [-0.3, -0.25) is 9.59 Å². The molecule has 3 rings (SSSR count). The molecular weight excluding hydrogens is 295 g/mol. The van der Waals surface area contributed by atoms with Crippen molar-refractivity contribution in [2.24, 2.45) is 0 Å². The Balaban J connectivity index is 1.89. The Hall–Kier alpha value is -2.69. The van der Waals surface area contributed by atoms with Gasteiger partial charge in [-0.05, 0) is 31.0 Å². The van der Waals surface area contributed by atoms with Crippen LogP contribution >= 0.6 is 0 Å². The first kappa shape index (κ1) is 15.2. The van der Waals surface area contributed by atoms with Crippen molar-refractivity contribution in [2.75, 3.05) is 12.4 Å². The highest BCUT2D eigenvalue weighted by molar-refractivity contribution is 6.07. The van der Waals surface area contributed by atoms with Crippen LogP contribution in [0.3, 0.4) is 0 Å². The van der Waals surface area contributed by atoms with E-state index in [1.165, 1.54) is 13.1 Å². The zero-order valence-corrected chi connectivity index (χ0v) is 12.7. The Bertz CT molecular complexity index is 769. The third-order valence-corrected chi connectivity index (χ3v) is 4.22. The summed E-state index contributed by atoms with van der Waals surface area (Å²) in [6.07, 6.45) is 1.20. The smallest absolute Gasteiger partial charge is 0.253 e. The molecule has 0 atom stereocenters. The lowest BCUT2D eigenvalue weighted by Crippen LogP contribution is -2.30. The number of nitrogens with one attached hydrogen (secondary N) is 2. The van der Waals surface area contributed by atoms with E-state index in [4.69, 9.17) is 0 Å². The Kier molecular flexibility index (Phi) is 3.86. The van der Waals surface area contributed by atoms with Crippen LogP contribution in [-0.4, -0.2) is 18.9 Å². The fourth-order valence-electron chi connectivity index (χ4n) is 2.76. The molecule has 0 aromatic heterocycles. The van der Waals surface area contributed by atoms with Gasteiger partial charge in [0.25, 0.3) is 5.91 Å². The number of anilines is 1. The second-order valence-electron chi connectivity index (χ2n) is 5.64. The maximum Gasteiger partial charge on any atom is 0.253 e. The van der Waals surface area contributed by atoms with Crippen molar-refractivity contribution in [3.63, 3.8) is 0 Å². The average molecular weight is 312 g/mol. The zero-order valence-electron chi connectivity index (χ0n) is 12.7. The van der Waals surface area contributed by atoms with Crippen LogP contribution in [0.4, 0.5) is 10.1 Å². The standard InChI is InChI=1S/C18H17FN2O2/c1-20-16(22)12-6-2-5-9-15(12)21-17(23)18(10-11-18)13-7-3-4-8-14(13)19/h2-9H,10-11H2,1H3,(H,20,22)(H,21,23). The van der Waals surface area contributed by atoms with Crippen LogP contribution in [0.5, 0.6) is 0 Å². The summed E-state index contributed by atoms with van der Waals surface area (Å²) in [5, 5.41) is 5.33. The predicted octanol–water partition coefficient (Wildman–Crippen LogP) is 2.86. The maximum atomic E-state index is 14.0. The van der Waals surface area contributed by atoms with Crippen molar-refractivity contribution < 1.29 is 14.0 Å². The number of carbonyl (C=O) groups is 2. The molecule has 118 valence electrons. The molecule has 0 heterocycles. The highest BCUT2D eigenvalue weighted by atomic mass is 19.1. The predicted molar refractivity (Wildman–Crippen MR) is 85.8 cm³/mol. The van der Waals surface area contributed by atoms with E-state index in [-0.39, 0.29) is 17.6 Å². The van der Waals surface area contributed by atoms with Gasteiger partial charge < -0.3 is 10.6 Å². The van der Waals surface area contributed by atoms with Crippen molar-refractivity contribution in [3.05, 3.63) is 65.5 Å². The largest absolute Gasteiger partial charge is 0.355 e. The Morgan fingerprint density at radius 3 is 2.35 bits per heavy atom. The Labute approximate surface area is 133 Å². The molecule has 0 spiro atoms. The number of rotatable bonds is 4. The van der Waals surface area contributed by atoms with Crippen LogP contribution in [0.25, 0.3) is 0 Å². The molecular formula is C18H17FN2O2. The summed E-state index contributed by atoms with van der Waals surface area (Å²) in [5.41, 5.74) is 0.392. The lowest BCUT2D eigenvalue weighted by Gasteiger charge is -2.18. The van der Waals surface area contributed by atoms with Gasteiger partial charge in [-0.25, -0.2) is 4.39 Å². The summed E-state index contributed by atoms with van der Waals surface area (Å²) in [7, 11) is 1.53.